The molecule has 3 saturated carbocycles. The van der Waals surface area contributed by atoms with Gasteiger partial charge in [-0.25, -0.2) is 0 Å². The molecule has 1 heteroatoms. The minimum atomic E-state index is 0.385. The van der Waals surface area contributed by atoms with Crippen LogP contribution < -0.4 is 0 Å². The van der Waals surface area contributed by atoms with Gasteiger partial charge in [0, 0.05) is 12.8 Å². The van der Waals surface area contributed by atoms with Crippen molar-refractivity contribution in [3.05, 3.63) is 23.8 Å². The van der Waals surface area contributed by atoms with E-state index in [0.29, 0.717) is 34.4 Å². The minimum Gasteiger partial charge on any atom is -0.300 e. The number of carbonyl (C=O) groups excluding carboxylic acids is 1. The summed E-state index contributed by atoms with van der Waals surface area (Å²) in [6, 6.07) is 0. The molecule has 0 aromatic carbocycles. The standard InChI is InChI=1S/C28H44O/c1-18(2)19(3)7-8-20(4)24-11-12-25-23-10-9-21-17-22(29)13-15-27(21,5)26(23)14-16-28(24,25)6/h7-8,10,18-21,24-26H,9,11-17H2,1-6H3/b8-7+/t19-,20+,21+,24+,25+,26-,27-,28+/m0/s1. The molecule has 0 saturated heterocycles. The molecule has 0 heterocycles. The predicted octanol–water partition coefficient (Wildman–Crippen LogP) is 7.62. The maximum atomic E-state index is 12.1. The highest BCUT2D eigenvalue weighted by Crippen LogP contribution is 2.66. The molecule has 0 unspecified atom stereocenters. The van der Waals surface area contributed by atoms with Crippen molar-refractivity contribution in [2.75, 3.05) is 0 Å². The summed E-state index contributed by atoms with van der Waals surface area (Å²) >= 11 is 0. The van der Waals surface area contributed by atoms with Crippen molar-refractivity contribution in [2.24, 2.45) is 52.3 Å². The lowest BCUT2D eigenvalue weighted by atomic mass is 9.48. The fourth-order valence-corrected chi connectivity index (χ4v) is 7.91. The summed E-state index contributed by atoms with van der Waals surface area (Å²) < 4.78 is 0. The third-order valence-electron chi connectivity index (χ3n) is 10.4. The van der Waals surface area contributed by atoms with Crippen molar-refractivity contribution in [3.8, 4) is 0 Å². The highest BCUT2D eigenvalue weighted by atomic mass is 16.1. The lowest BCUT2D eigenvalue weighted by Crippen LogP contribution is -2.49. The van der Waals surface area contributed by atoms with Crippen LogP contribution in [0.5, 0.6) is 0 Å². The smallest absolute Gasteiger partial charge is 0.133 e. The number of hydrogen-bond donors (Lipinski definition) is 0. The summed E-state index contributed by atoms with van der Waals surface area (Å²) in [5, 5.41) is 0. The van der Waals surface area contributed by atoms with Crippen LogP contribution in [0.25, 0.3) is 0 Å². The SMILES string of the molecule is CC(C)[C@@H](C)/C=C/[C@@H](C)[C@H]1CC[C@@H]2C3=CC[C@@H]4CC(=O)CC[C@]4(C)[C@H]3CC[C@@]21C. The third-order valence-corrected chi connectivity index (χ3v) is 10.4. The summed E-state index contributed by atoms with van der Waals surface area (Å²) in [6.45, 7) is 14.7. The van der Waals surface area contributed by atoms with Gasteiger partial charge in [0.05, 0.1) is 0 Å². The second-order valence-corrected chi connectivity index (χ2v) is 12.1. The van der Waals surface area contributed by atoms with Crippen LogP contribution in [-0.4, -0.2) is 5.78 Å². The molecule has 8 atom stereocenters. The summed E-state index contributed by atoms with van der Waals surface area (Å²) in [5.41, 5.74) is 2.68. The number of allylic oxidation sites excluding steroid dienone is 4. The van der Waals surface area contributed by atoms with Crippen LogP contribution in [0.3, 0.4) is 0 Å². The summed E-state index contributed by atoms with van der Waals surface area (Å²) in [7, 11) is 0. The highest BCUT2D eigenvalue weighted by molar-refractivity contribution is 5.79. The first-order valence-electron chi connectivity index (χ1n) is 12.6. The van der Waals surface area contributed by atoms with Gasteiger partial charge in [-0.3, -0.25) is 4.79 Å². The summed E-state index contributed by atoms with van der Waals surface area (Å²) in [6.07, 6.45) is 17.2. The Hall–Kier alpha value is -0.850. The van der Waals surface area contributed by atoms with Gasteiger partial charge in [0.1, 0.15) is 5.78 Å². The minimum absolute atomic E-state index is 0.385. The van der Waals surface area contributed by atoms with Crippen molar-refractivity contribution in [1.82, 2.24) is 0 Å². The summed E-state index contributed by atoms with van der Waals surface area (Å²) in [4.78, 5) is 12.1. The molecule has 1 nitrogen and oxygen atoms in total. The molecule has 0 bridgehead atoms. The van der Waals surface area contributed by atoms with Gasteiger partial charge in [0.15, 0.2) is 0 Å². The molecule has 4 aliphatic rings. The van der Waals surface area contributed by atoms with Crippen molar-refractivity contribution in [3.63, 3.8) is 0 Å². The highest BCUT2D eigenvalue weighted by Gasteiger charge is 2.57. The molecule has 0 aromatic heterocycles. The van der Waals surface area contributed by atoms with Gasteiger partial charge >= 0.3 is 0 Å². The molecule has 0 aliphatic heterocycles. The Morgan fingerprint density at radius 3 is 2.41 bits per heavy atom. The number of rotatable bonds is 4. The van der Waals surface area contributed by atoms with Crippen LogP contribution in [0, 0.1) is 52.3 Å². The van der Waals surface area contributed by atoms with Crippen LogP contribution >= 0.6 is 0 Å². The van der Waals surface area contributed by atoms with Gasteiger partial charge in [0.2, 0.25) is 0 Å². The Morgan fingerprint density at radius 2 is 1.69 bits per heavy atom. The van der Waals surface area contributed by atoms with Crippen molar-refractivity contribution in [1.29, 1.82) is 0 Å². The Labute approximate surface area is 179 Å². The van der Waals surface area contributed by atoms with Crippen molar-refractivity contribution in [2.45, 2.75) is 92.9 Å². The van der Waals surface area contributed by atoms with E-state index >= 15 is 0 Å². The van der Waals surface area contributed by atoms with Gasteiger partial charge < -0.3 is 0 Å². The molecule has 162 valence electrons. The van der Waals surface area contributed by atoms with Gasteiger partial charge in [-0.15, -0.1) is 0 Å². The number of Topliss-reactive ketones (excluding diaryl/α,β-unsaturated/α-hetero) is 1. The van der Waals surface area contributed by atoms with Crippen LogP contribution in [-0.2, 0) is 4.79 Å². The topological polar surface area (TPSA) is 17.1 Å². The van der Waals surface area contributed by atoms with Crippen LogP contribution in [0.4, 0.5) is 0 Å². The van der Waals surface area contributed by atoms with E-state index in [2.05, 4.69) is 59.8 Å². The normalized spacial score (nSPS) is 44.2. The molecule has 0 N–H and O–H groups in total. The lowest BCUT2D eigenvalue weighted by Gasteiger charge is -2.57. The molecule has 29 heavy (non-hydrogen) atoms. The van der Waals surface area contributed by atoms with Gasteiger partial charge in [0.25, 0.3) is 0 Å². The van der Waals surface area contributed by atoms with Crippen LogP contribution in [0.1, 0.15) is 92.9 Å². The lowest BCUT2D eigenvalue weighted by molar-refractivity contribution is -0.127. The predicted molar refractivity (Wildman–Crippen MR) is 123 cm³/mol. The van der Waals surface area contributed by atoms with E-state index < -0.39 is 0 Å². The van der Waals surface area contributed by atoms with Gasteiger partial charge in [-0.2, -0.15) is 0 Å². The van der Waals surface area contributed by atoms with E-state index in [1.165, 1.54) is 25.7 Å². The molecule has 0 spiro atoms. The molecular formula is C28H44O. The first-order valence-corrected chi connectivity index (χ1v) is 12.6. The Bertz CT molecular complexity index is 699. The van der Waals surface area contributed by atoms with E-state index in [0.717, 1.165) is 49.4 Å². The molecule has 4 aliphatic carbocycles. The van der Waals surface area contributed by atoms with E-state index in [4.69, 9.17) is 0 Å². The second kappa shape index (κ2) is 7.69. The molecule has 4 rings (SSSR count). The van der Waals surface area contributed by atoms with Crippen LogP contribution in [0.2, 0.25) is 0 Å². The number of fused-ring (bicyclic) bond motifs is 5. The zero-order chi connectivity index (χ0) is 21.0. The fourth-order valence-electron chi connectivity index (χ4n) is 7.91. The zero-order valence-corrected chi connectivity index (χ0v) is 19.8. The quantitative estimate of drug-likeness (QED) is 0.447. The third kappa shape index (κ3) is 3.49. The average Bonchev–Trinajstić information content (AvgIpc) is 3.03. The Balaban J connectivity index is 1.55. The second-order valence-electron chi connectivity index (χ2n) is 12.1. The van der Waals surface area contributed by atoms with Crippen LogP contribution in [0.15, 0.2) is 23.8 Å². The Morgan fingerprint density at radius 1 is 0.966 bits per heavy atom. The maximum Gasteiger partial charge on any atom is 0.133 e. The molecule has 0 radical (unpaired) electrons. The van der Waals surface area contributed by atoms with Gasteiger partial charge in [-0.1, -0.05) is 65.3 Å². The number of carbonyl (C=O) groups is 1. The maximum absolute atomic E-state index is 12.1. The van der Waals surface area contributed by atoms with E-state index in [-0.39, 0.29) is 0 Å². The van der Waals surface area contributed by atoms with Gasteiger partial charge in [-0.05, 0) is 90.8 Å². The average molecular weight is 397 g/mol. The monoisotopic (exact) mass is 396 g/mol. The first-order chi connectivity index (χ1) is 13.7. The molecule has 3 fully saturated rings. The van der Waals surface area contributed by atoms with Crippen molar-refractivity contribution >= 4 is 5.78 Å². The summed E-state index contributed by atoms with van der Waals surface area (Å²) in [5.74, 6) is 5.57. The number of ketones is 1. The fraction of sp³-hybridized carbons (Fsp3) is 0.821. The Kier molecular flexibility index (Phi) is 5.67. The molecular weight excluding hydrogens is 352 g/mol. The first kappa shape index (κ1) is 21.4. The molecule has 0 amide bonds. The molecule has 0 aromatic rings. The van der Waals surface area contributed by atoms with E-state index in [1.807, 2.05) is 5.57 Å². The zero-order valence-electron chi connectivity index (χ0n) is 19.8. The van der Waals surface area contributed by atoms with E-state index in [9.17, 15) is 4.79 Å². The van der Waals surface area contributed by atoms with Crippen molar-refractivity contribution < 1.29 is 4.79 Å². The number of hydrogen-bond acceptors (Lipinski definition) is 1. The largest absolute Gasteiger partial charge is 0.300 e. The van der Waals surface area contributed by atoms with E-state index in [1.54, 1.807) is 0 Å².